The van der Waals surface area contributed by atoms with Crippen molar-refractivity contribution in [3.63, 3.8) is 0 Å². The molecule has 0 radical (unpaired) electrons. The fourth-order valence-electron chi connectivity index (χ4n) is 0.727. The van der Waals surface area contributed by atoms with Gasteiger partial charge in [-0.3, -0.25) is 9.78 Å². The second-order valence-corrected chi connectivity index (χ2v) is 2.27. The van der Waals surface area contributed by atoms with E-state index in [1.807, 2.05) is 12.1 Å². The molecule has 0 atom stereocenters. The van der Waals surface area contributed by atoms with Crippen molar-refractivity contribution in [3.8, 4) is 0 Å². The Labute approximate surface area is 66.9 Å². The lowest BCUT2D eigenvalue weighted by Gasteiger charge is -1.99. The monoisotopic (exact) mass is 152 g/mol. The zero-order valence-corrected chi connectivity index (χ0v) is 6.37. The Morgan fingerprint density at radius 3 is 2.82 bits per heavy atom. The first kappa shape index (κ1) is 7.72. The van der Waals surface area contributed by atoms with Crippen molar-refractivity contribution in [2.75, 3.05) is 0 Å². The molecule has 0 fully saturated rings. The van der Waals surface area contributed by atoms with Gasteiger partial charge in [-0.1, -0.05) is 0 Å². The van der Waals surface area contributed by atoms with Crippen molar-refractivity contribution in [1.29, 1.82) is 0 Å². The van der Waals surface area contributed by atoms with Gasteiger partial charge in [-0.05, 0) is 17.7 Å². The van der Waals surface area contributed by atoms with Gasteiger partial charge in [0.15, 0.2) is 0 Å². The van der Waals surface area contributed by atoms with Crippen molar-refractivity contribution < 1.29 is 6.22 Å². The Balaban J connectivity index is 0.00000121. The van der Waals surface area contributed by atoms with E-state index in [2.05, 4.69) is 10.3 Å². The number of hydrogen-bond donors (Lipinski definition) is 1. The number of hydrogen-bond acceptors (Lipinski definition) is 2. The van der Waals surface area contributed by atoms with E-state index in [0.29, 0.717) is 6.54 Å². The van der Waals surface area contributed by atoms with E-state index in [0.717, 1.165) is 5.56 Å². The van der Waals surface area contributed by atoms with Crippen molar-refractivity contribution in [2.45, 2.75) is 13.5 Å². The summed E-state index contributed by atoms with van der Waals surface area (Å²) in [4.78, 5) is 14.4. The second-order valence-electron chi connectivity index (χ2n) is 2.27. The lowest BCUT2D eigenvalue weighted by molar-refractivity contribution is -0.119. The largest absolute Gasteiger partial charge is 0.352 e. The summed E-state index contributed by atoms with van der Waals surface area (Å²) in [6, 6.07) is 3.74. The highest BCUT2D eigenvalue weighted by Crippen LogP contribution is 1.93. The molecule has 60 valence electrons. The predicted octanol–water partition coefficient (Wildman–Crippen LogP) is 0.964. The Kier molecular flexibility index (Phi) is 2.60. The molecule has 0 aliphatic rings. The first-order valence-electron chi connectivity index (χ1n) is 3.42. The van der Waals surface area contributed by atoms with Gasteiger partial charge in [0, 0.05) is 27.3 Å². The van der Waals surface area contributed by atoms with Crippen LogP contribution in [0.4, 0.5) is 0 Å². The number of carbonyl (C=O) groups excluding carboxylic acids is 1. The smallest absolute Gasteiger partial charge is 0.217 e. The zero-order valence-electron chi connectivity index (χ0n) is 6.37. The molecule has 1 amide bonds. The number of nitrogens with zero attached hydrogens (tertiary/aromatic N) is 1. The third kappa shape index (κ3) is 2.80. The van der Waals surface area contributed by atoms with Gasteiger partial charge < -0.3 is 5.32 Å². The van der Waals surface area contributed by atoms with Crippen LogP contribution in [0.2, 0.25) is 0 Å². The molecule has 0 unspecified atom stereocenters. The normalized spacial score (nSPS) is 9.18. The molecule has 1 aromatic rings. The van der Waals surface area contributed by atoms with E-state index in [1.54, 1.807) is 12.4 Å². The van der Waals surface area contributed by atoms with Crippen molar-refractivity contribution in [3.05, 3.63) is 30.1 Å². The number of rotatable bonds is 2. The maximum atomic E-state index is 10.5. The molecule has 3 heteroatoms. The third-order valence-corrected chi connectivity index (χ3v) is 1.29. The van der Waals surface area contributed by atoms with Crippen molar-refractivity contribution in [1.82, 2.24) is 10.3 Å². The Morgan fingerprint density at radius 2 is 2.27 bits per heavy atom. The minimum atomic E-state index is -0.0122. The molecule has 1 rings (SSSR count). The highest BCUT2D eigenvalue weighted by molar-refractivity contribution is 5.72. The predicted molar refractivity (Wildman–Crippen MR) is 43.9 cm³/mol. The summed E-state index contributed by atoms with van der Waals surface area (Å²) < 4.78 is 0. The molecule has 0 bridgehead atoms. The molecule has 0 spiro atoms. The standard InChI is InChI=1S/C8H10N2O.H2/c1-7(11)10-6-8-2-4-9-5-3-8;/h2-5H,6H2,1H3,(H,10,11);1H. The summed E-state index contributed by atoms with van der Waals surface area (Å²) in [7, 11) is 0. The number of pyridine rings is 1. The van der Waals surface area contributed by atoms with Crippen LogP contribution in [0.15, 0.2) is 24.5 Å². The van der Waals surface area contributed by atoms with Crippen LogP contribution in [0, 0.1) is 0 Å². The van der Waals surface area contributed by atoms with E-state index >= 15 is 0 Å². The van der Waals surface area contributed by atoms with Gasteiger partial charge >= 0.3 is 0 Å². The molecule has 1 aromatic heterocycles. The SMILES string of the molecule is CC(=O)NCc1ccncc1.[HH]. The molecule has 0 saturated carbocycles. The van der Waals surface area contributed by atoms with Crippen LogP contribution >= 0.6 is 0 Å². The average Bonchev–Trinajstić information content (AvgIpc) is 2.03. The molecule has 0 aromatic carbocycles. The van der Waals surface area contributed by atoms with Crippen LogP contribution in [0.5, 0.6) is 0 Å². The van der Waals surface area contributed by atoms with Gasteiger partial charge in [0.25, 0.3) is 0 Å². The number of aromatic nitrogens is 1. The third-order valence-electron chi connectivity index (χ3n) is 1.29. The maximum Gasteiger partial charge on any atom is 0.217 e. The molecule has 11 heavy (non-hydrogen) atoms. The zero-order chi connectivity index (χ0) is 8.10. The molecular weight excluding hydrogens is 140 g/mol. The summed E-state index contributed by atoms with van der Waals surface area (Å²) in [5.74, 6) is -0.0122. The molecular formula is C8H12N2O. The summed E-state index contributed by atoms with van der Waals surface area (Å²) >= 11 is 0. The van der Waals surface area contributed by atoms with E-state index in [4.69, 9.17) is 0 Å². The van der Waals surface area contributed by atoms with E-state index in [-0.39, 0.29) is 7.33 Å². The summed E-state index contributed by atoms with van der Waals surface area (Å²) in [5.41, 5.74) is 1.07. The fraction of sp³-hybridized carbons (Fsp3) is 0.250. The Bertz CT molecular complexity index is 238. The summed E-state index contributed by atoms with van der Waals surface area (Å²) in [5, 5.41) is 2.70. The van der Waals surface area contributed by atoms with E-state index in [9.17, 15) is 4.79 Å². The van der Waals surface area contributed by atoms with Gasteiger partial charge in [-0.25, -0.2) is 0 Å². The van der Waals surface area contributed by atoms with Crippen LogP contribution in [0.3, 0.4) is 0 Å². The van der Waals surface area contributed by atoms with Gasteiger partial charge in [-0.2, -0.15) is 0 Å². The number of amides is 1. The van der Waals surface area contributed by atoms with Crippen LogP contribution in [0.1, 0.15) is 13.9 Å². The molecule has 0 aliphatic carbocycles. The minimum absolute atomic E-state index is 0. The lowest BCUT2D eigenvalue weighted by atomic mass is 10.3. The molecule has 1 N–H and O–H groups in total. The van der Waals surface area contributed by atoms with Gasteiger partial charge in [0.2, 0.25) is 5.91 Å². The van der Waals surface area contributed by atoms with Crippen LogP contribution in [-0.2, 0) is 11.3 Å². The highest BCUT2D eigenvalue weighted by Gasteiger charge is 1.91. The minimum Gasteiger partial charge on any atom is -0.352 e. The molecule has 3 nitrogen and oxygen atoms in total. The maximum absolute atomic E-state index is 10.5. The fourth-order valence-corrected chi connectivity index (χ4v) is 0.727. The van der Waals surface area contributed by atoms with E-state index in [1.165, 1.54) is 6.92 Å². The number of nitrogens with one attached hydrogen (secondary N) is 1. The highest BCUT2D eigenvalue weighted by atomic mass is 16.1. The molecule has 0 aliphatic heterocycles. The molecule has 0 saturated heterocycles. The van der Waals surface area contributed by atoms with Gasteiger partial charge in [0.1, 0.15) is 0 Å². The first-order valence-corrected chi connectivity index (χ1v) is 3.42. The van der Waals surface area contributed by atoms with Gasteiger partial charge in [0.05, 0.1) is 0 Å². The van der Waals surface area contributed by atoms with Crippen LogP contribution in [-0.4, -0.2) is 10.9 Å². The number of carbonyl (C=O) groups is 1. The van der Waals surface area contributed by atoms with Crippen LogP contribution < -0.4 is 5.32 Å². The first-order chi connectivity index (χ1) is 5.29. The topological polar surface area (TPSA) is 42.0 Å². The second kappa shape index (κ2) is 3.71. The van der Waals surface area contributed by atoms with Gasteiger partial charge in [-0.15, -0.1) is 0 Å². The quantitative estimate of drug-likeness (QED) is 0.686. The molecule has 1 heterocycles. The summed E-state index contributed by atoms with van der Waals surface area (Å²) in [6.07, 6.45) is 3.41. The Hall–Kier alpha value is -1.38. The van der Waals surface area contributed by atoms with Crippen molar-refractivity contribution >= 4 is 5.91 Å². The lowest BCUT2D eigenvalue weighted by Crippen LogP contribution is -2.18. The summed E-state index contributed by atoms with van der Waals surface area (Å²) in [6.45, 7) is 2.08. The van der Waals surface area contributed by atoms with Crippen LogP contribution in [0.25, 0.3) is 0 Å². The average molecular weight is 152 g/mol. The van der Waals surface area contributed by atoms with E-state index < -0.39 is 0 Å². The van der Waals surface area contributed by atoms with Crippen molar-refractivity contribution in [2.24, 2.45) is 0 Å². The Morgan fingerprint density at radius 1 is 1.64 bits per heavy atom.